The van der Waals surface area contributed by atoms with Crippen molar-refractivity contribution < 1.29 is 14.0 Å². The second kappa shape index (κ2) is 10.7. The zero-order chi connectivity index (χ0) is 23.9. The summed E-state index contributed by atoms with van der Waals surface area (Å²) in [4.78, 5) is 31.5. The number of nitrogens with zero attached hydrogens (tertiary/aromatic N) is 2. The molecule has 0 aliphatic rings. The molecule has 0 fully saturated rings. The van der Waals surface area contributed by atoms with E-state index in [4.69, 9.17) is 0 Å². The normalized spacial score (nSPS) is 11.7. The van der Waals surface area contributed by atoms with Crippen LogP contribution in [0.15, 0.2) is 91.1 Å². The Morgan fingerprint density at radius 2 is 1.68 bits per heavy atom. The highest BCUT2D eigenvalue weighted by atomic mass is 19.1. The Morgan fingerprint density at radius 1 is 0.941 bits per heavy atom. The molecule has 6 heteroatoms. The van der Waals surface area contributed by atoms with E-state index in [2.05, 4.69) is 10.3 Å². The zero-order valence-corrected chi connectivity index (χ0v) is 18.9. The van der Waals surface area contributed by atoms with E-state index in [1.807, 2.05) is 42.5 Å². The quantitative estimate of drug-likeness (QED) is 0.412. The van der Waals surface area contributed by atoms with E-state index in [9.17, 15) is 14.0 Å². The largest absolute Gasteiger partial charge is 0.351 e. The third-order valence-corrected chi connectivity index (χ3v) is 5.91. The van der Waals surface area contributed by atoms with Crippen LogP contribution in [-0.2, 0) is 6.42 Å². The Kier molecular flexibility index (Phi) is 7.28. The van der Waals surface area contributed by atoms with Gasteiger partial charge in [0.2, 0.25) is 0 Å². The lowest BCUT2D eigenvalue weighted by Gasteiger charge is -2.29. The molecule has 1 heterocycles. The standard InChI is InChI=1S/C28H26FN3O2/c1-32(28(34)23-12-11-21-6-2-3-7-22(21)19-23)25(18-20-9-13-24(29)14-10-20)15-17-31-27(33)26-8-4-5-16-30-26/h2-14,16,19,25H,15,17-18H2,1H3,(H,31,33). The number of hydrogen-bond acceptors (Lipinski definition) is 3. The highest BCUT2D eigenvalue weighted by molar-refractivity contribution is 5.98. The molecule has 4 rings (SSSR count). The average Bonchev–Trinajstić information content (AvgIpc) is 2.88. The van der Waals surface area contributed by atoms with Gasteiger partial charge in [-0.05, 0) is 65.6 Å². The number of rotatable bonds is 8. The number of nitrogens with one attached hydrogen (secondary N) is 1. The van der Waals surface area contributed by atoms with E-state index < -0.39 is 0 Å². The predicted molar refractivity (Wildman–Crippen MR) is 131 cm³/mol. The molecule has 1 N–H and O–H groups in total. The van der Waals surface area contributed by atoms with E-state index in [1.165, 1.54) is 12.1 Å². The Labute approximate surface area is 198 Å². The van der Waals surface area contributed by atoms with Crippen LogP contribution in [0.3, 0.4) is 0 Å². The fourth-order valence-corrected chi connectivity index (χ4v) is 3.96. The first-order valence-corrected chi connectivity index (χ1v) is 11.2. The van der Waals surface area contributed by atoms with Crippen molar-refractivity contribution >= 4 is 22.6 Å². The Balaban J connectivity index is 1.49. The smallest absolute Gasteiger partial charge is 0.269 e. The zero-order valence-electron chi connectivity index (χ0n) is 18.9. The molecule has 0 aliphatic heterocycles. The molecule has 0 saturated heterocycles. The van der Waals surface area contributed by atoms with Crippen molar-refractivity contribution in [2.24, 2.45) is 0 Å². The van der Waals surface area contributed by atoms with Crippen LogP contribution in [0.1, 0.15) is 32.8 Å². The number of halogens is 1. The minimum absolute atomic E-state index is 0.103. The fraction of sp³-hybridized carbons (Fsp3) is 0.179. The third kappa shape index (κ3) is 5.64. The monoisotopic (exact) mass is 455 g/mol. The van der Waals surface area contributed by atoms with Crippen LogP contribution in [0.5, 0.6) is 0 Å². The first kappa shape index (κ1) is 23.1. The first-order valence-electron chi connectivity index (χ1n) is 11.2. The van der Waals surface area contributed by atoms with Gasteiger partial charge in [0.15, 0.2) is 0 Å². The lowest BCUT2D eigenvalue weighted by atomic mass is 10.00. The number of hydrogen-bond donors (Lipinski definition) is 1. The molecule has 0 saturated carbocycles. The van der Waals surface area contributed by atoms with Crippen molar-refractivity contribution in [1.29, 1.82) is 0 Å². The molecular weight excluding hydrogens is 429 g/mol. The number of aromatic nitrogens is 1. The van der Waals surface area contributed by atoms with Crippen LogP contribution in [-0.4, -0.2) is 41.3 Å². The molecule has 172 valence electrons. The maximum Gasteiger partial charge on any atom is 0.269 e. The van der Waals surface area contributed by atoms with Crippen LogP contribution >= 0.6 is 0 Å². The van der Waals surface area contributed by atoms with Gasteiger partial charge in [-0.1, -0.05) is 48.5 Å². The molecule has 34 heavy (non-hydrogen) atoms. The topological polar surface area (TPSA) is 62.3 Å². The second-order valence-electron chi connectivity index (χ2n) is 8.22. The van der Waals surface area contributed by atoms with E-state index in [0.29, 0.717) is 30.6 Å². The van der Waals surface area contributed by atoms with Crippen molar-refractivity contribution in [2.75, 3.05) is 13.6 Å². The van der Waals surface area contributed by atoms with Gasteiger partial charge in [-0.15, -0.1) is 0 Å². The maximum atomic E-state index is 13.4. The molecular formula is C28H26FN3O2. The highest BCUT2D eigenvalue weighted by Gasteiger charge is 2.22. The average molecular weight is 456 g/mol. The number of benzene rings is 3. The molecule has 1 atom stereocenters. The molecule has 0 spiro atoms. The lowest BCUT2D eigenvalue weighted by Crippen LogP contribution is -2.41. The summed E-state index contributed by atoms with van der Waals surface area (Å²) in [5.41, 5.74) is 1.86. The summed E-state index contributed by atoms with van der Waals surface area (Å²) >= 11 is 0. The molecule has 0 radical (unpaired) electrons. The van der Waals surface area contributed by atoms with Crippen molar-refractivity contribution in [3.8, 4) is 0 Å². The first-order chi connectivity index (χ1) is 16.5. The van der Waals surface area contributed by atoms with Gasteiger partial charge < -0.3 is 10.2 Å². The molecule has 0 bridgehead atoms. The summed E-state index contributed by atoms with van der Waals surface area (Å²) < 4.78 is 13.4. The Hall–Kier alpha value is -4.06. The summed E-state index contributed by atoms with van der Waals surface area (Å²) in [7, 11) is 1.77. The van der Waals surface area contributed by atoms with Crippen molar-refractivity contribution in [1.82, 2.24) is 15.2 Å². The number of pyridine rings is 1. The summed E-state index contributed by atoms with van der Waals surface area (Å²) in [5.74, 6) is -0.665. The van der Waals surface area contributed by atoms with Gasteiger partial charge in [0.05, 0.1) is 0 Å². The SMILES string of the molecule is CN(C(=O)c1ccc2ccccc2c1)C(CCNC(=O)c1ccccn1)Cc1ccc(F)cc1. The van der Waals surface area contributed by atoms with Gasteiger partial charge in [0.25, 0.3) is 11.8 Å². The van der Waals surface area contributed by atoms with Crippen LogP contribution in [0.2, 0.25) is 0 Å². The third-order valence-electron chi connectivity index (χ3n) is 5.91. The summed E-state index contributed by atoms with van der Waals surface area (Å²) in [6.45, 7) is 0.372. The molecule has 4 aromatic rings. The molecule has 2 amide bonds. The van der Waals surface area contributed by atoms with E-state index in [-0.39, 0.29) is 23.7 Å². The van der Waals surface area contributed by atoms with E-state index in [1.54, 1.807) is 48.5 Å². The van der Waals surface area contributed by atoms with Gasteiger partial charge >= 0.3 is 0 Å². The van der Waals surface area contributed by atoms with Gasteiger partial charge in [-0.3, -0.25) is 14.6 Å². The van der Waals surface area contributed by atoms with Crippen molar-refractivity contribution in [2.45, 2.75) is 18.9 Å². The molecule has 1 aromatic heterocycles. The van der Waals surface area contributed by atoms with E-state index in [0.717, 1.165) is 16.3 Å². The maximum absolute atomic E-state index is 13.4. The molecule has 3 aromatic carbocycles. The predicted octanol–water partition coefficient (Wildman–Crippen LogP) is 4.88. The number of carbonyl (C=O) groups is 2. The Bertz CT molecular complexity index is 1280. The molecule has 1 unspecified atom stereocenters. The van der Waals surface area contributed by atoms with Gasteiger partial charge in [0.1, 0.15) is 11.5 Å². The van der Waals surface area contributed by atoms with Gasteiger partial charge in [-0.2, -0.15) is 0 Å². The van der Waals surface area contributed by atoms with Gasteiger partial charge in [0, 0.05) is 31.4 Å². The number of fused-ring (bicyclic) bond motifs is 1. The number of carbonyl (C=O) groups excluding carboxylic acids is 2. The summed E-state index contributed by atoms with van der Waals surface area (Å²) in [6, 6.07) is 24.8. The highest BCUT2D eigenvalue weighted by Crippen LogP contribution is 2.19. The van der Waals surface area contributed by atoms with Crippen LogP contribution in [0.25, 0.3) is 10.8 Å². The molecule has 5 nitrogen and oxygen atoms in total. The summed E-state index contributed by atoms with van der Waals surface area (Å²) in [5, 5.41) is 4.95. The minimum atomic E-state index is -0.302. The van der Waals surface area contributed by atoms with Crippen LogP contribution in [0, 0.1) is 5.82 Å². The fourth-order valence-electron chi connectivity index (χ4n) is 3.96. The van der Waals surface area contributed by atoms with Crippen LogP contribution < -0.4 is 5.32 Å². The second-order valence-corrected chi connectivity index (χ2v) is 8.22. The van der Waals surface area contributed by atoms with Gasteiger partial charge in [-0.25, -0.2) is 4.39 Å². The van der Waals surface area contributed by atoms with Crippen LogP contribution in [0.4, 0.5) is 4.39 Å². The number of likely N-dealkylation sites (N-methyl/N-ethyl adjacent to an activating group) is 1. The van der Waals surface area contributed by atoms with E-state index >= 15 is 0 Å². The minimum Gasteiger partial charge on any atom is -0.351 e. The molecule has 0 aliphatic carbocycles. The van der Waals surface area contributed by atoms with Crippen molar-refractivity contribution in [3.63, 3.8) is 0 Å². The Morgan fingerprint density at radius 3 is 2.41 bits per heavy atom. The lowest BCUT2D eigenvalue weighted by molar-refractivity contribution is 0.0723. The number of amides is 2. The van der Waals surface area contributed by atoms with Crippen molar-refractivity contribution in [3.05, 3.63) is 114 Å². The summed E-state index contributed by atoms with van der Waals surface area (Å²) in [6.07, 6.45) is 2.64.